The fourth-order valence-electron chi connectivity index (χ4n) is 5.68. The van der Waals surface area contributed by atoms with E-state index in [1.807, 2.05) is 0 Å². The Balaban J connectivity index is 0.000000182. The number of nitrogens with one attached hydrogen (secondary N) is 1. The van der Waals surface area contributed by atoms with Crippen molar-refractivity contribution in [3.05, 3.63) is 60.4 Å². The summed E-state index contributed by atoms with van der Waals surface area (Å²) in [5.74, 6) is 3.23. The van der Waals surface area contributed by atoms with Gasteiger partial charge in [0, 0.05) is 58.1 Å². The zero-order valence-corrected chi connectivity index (χ0v) is 24.3. The molecule has 0 spiro atoms. The predicted octanol–water partition coefficient (Wildman–Crippen LogP) is 6.19. The minimum atomic E-state index is -0.649. The molecule has 7 rings (SSSR count). The first kappa shape index (κ1) is 27.7. The van der Waals surface area contributed by atoms with Gasteiger partial charge >= 0.3 is 0 Å². The second-order valence-electron chi connectivity index (χ2n) is 11.8. The number of amides is 1. The molecule has 3 aromatic rings. The van der Waals surface area contributed by atoms with E-state index in [4.69, 9.17) is 9.68 Å². The zero-order valence-electron chi connectivity index (χ0n) is 23.5. The molecule has 0 bridgehead atoms. The van der Waals surface area contributed by atoms with E-state index in [0.717, 1.165) is 85.9 Å². The quantitative estimate of drug-likeness (QED) is 0.379. The Bertz CT molecular complexity index is 1400. The van der Waals surface area contributed by atoms with Crippen molar-refractivity contribution in [2.45, 2.75) is 69.2 Å². The molecule has 1 amide bonds. The third kappa shape index (κ3) is 6.90. The van der Waals surface area contributed by atoms with Crippen LogP contribution in [0.15, 0.2) is 59.2 Å². The molecule has 214 valence electrons. The monoisotopic (exact) mass is 570 g/mol. The van der Waals surface area contributed by atoms with Crippen LogP contribution >= 0.6 is 0 Å². The fourth-order valence-corrected chi connectivity index (χ4v) is 6.74. The molecule has 3 aliphatic carbocycles. The van der Waals surface area contributed by atoms with Crippen molar-refractivity contribution < 1.29 is 13.4 Å². The number of nitrogens with zero attached hydrogens (tertiary/aromatic N) is 3. The largest absolute Gasteiger partial charge is 0.444 e. The van der Waals surface area contributed by atoms with Crippen LogP contribution in [-0.2, 0) is 15.6 Å². The summed E-state index contributed by atoms with van der Waals surface area (Å²) in [6.45, 7) is 1.72. The molecule has 1 saturated heterocycles. The number of anilines is 1. The SMILES string of the molecule is N#CC1(NC(=O)C2CCCCC2)CC1.O=S1CCN(c2ccc(-c3coc(-c4ccc(C5CC5)cc4)n3)cc2)CC1. The van der Waals surface area contributed by atoms with Gasteiger partial charge in [-0.25, -0.2) is 4.98 Å². The highest BCUT2D eigenvalue weighted by Gasteiger charge is 2.45. The van der Waals surface area contributed by atoms with Gasteiger partial charge in [-0.15, -0.1) is 0 Å². The van der Waals surface area contributed by atoms with Crippen molar-refractivity contribution >= 4 is 22.4 Å². The van der Waals surface area contributed by atoms with Gasteiger partial charge in [0.1, 0.15) is 17.5 Å². The molecule has 4 fully saturated rings. The van der Waals surface area contributed by atoms with Gasteiger partial charge in [-0.1, -0.05) is 43.5 Å². The van der Waals surface area contributed by atoms with Gasteiger partial charge in [0.05, 0.1) is 6.07 Å². The van der Waals surface area contributed by atoms with Crippen LogP contribution in [0, 0.1) is 17.2 Å². The zero-order chi connectivity index (χ0) is 28.2. The number of rotatable bonds is 6. The molecule has 1 aliphatic heterocycles. The van der Waals surface area contributed by atoms with Crippen molar-refractivity contribution in [1.82, 2.24) is 10.3 Å². The van der Waals surface area contributed by atoms with Gasteiger partial charge < -0.3 is 14.6 Å². The topological polar surface area (TPSA) is 99.2 Å². The molecule has 2 heterocycles. The van der Waals surface area contributed by atoms with E-state index in [-0.39, 0.29) is 11.8 Å². The van der Waals surface area contributed by atoms with Gasteiger partial charge in [-0.3, -0.25) is 9.00 Å². The summed E-state index contributed by atoms with van der Waals surface area (Å²) in [5, 5.41) is 11.7. The van der Waals surface area contributed by atoms with E-state index in [1.165, 1.54) is 30.5 Å². The summed E-state index contributed by atoms with van der Waals surface area (Å²) in [4.78, 5) is 18.7. The highest BCUT2D eigenvalue weighted by atomic mass is 32.2. The minimum absolute atomic E-state index is 0.115. The number of carbonyl (C=O) groups is 1. The second-order valence-corrected chi connectivity index (χ2v) is 13.5. The molecule has 1 N–H and O–H groups in total. The molecule has 0 radical (unpaired) electrons. The number of nitriles is 1. The third-order valence-electron chi connectivity index (χ3n) is 8.72. The lowest BCUT2D eigenvalue weighted by Crippen LogP contribution is -2.40. The predicted molar refractivity (Wildman–Crippen MR) is 162 cm³/mol. The van der Waals surface area contributed by atoms with Crippen LogP contribution < -0.4 is 10.2 Å². The van der Waals surface area contributed by atoms with Crippen molar-refractivity contribution in [2.24, 2.45) is 5.92 Å². The average molecular weight is 571 g/mol. The maximum absolute atomic E-state index is 11.8. The Morgan fingerprint density at radius 1 is 0.951 bits per heavy atom. The summed E-state index contributed by atoms with van der Waals surface area (Å²) in [7, 11) is -0.649. The first-order chi connectivity index (χ1) is 20.0. The summed E-state index contributed by atoms with van der Waals surface area (Å²) in [6.07, 6.45) is 11.6. The molecule has 7 nitrogen and oxygen atoms in total. The Kier molecular flexibility index (Phi) is 8.25. The van der Waals surface area contributed by atoms with Crippen LogP contribution in [0.5, 0.6) is 0 Å². The molecular formula is C33H38N4O3S. The van der Waals surface area contributed by atoms with Crippen LogP contribution in [-0.4, -0.2) is 45.2 Å². The number of hydrogen-bond donors (Lipinski definition) is 1. The van der Waals surface area contributed by atoms with Crippen molar-refractivity contribution in [2.75, 3.05) is 29.5 Å². The van der Waals surface area contributed by atoms with E-state index >= 15 is 0 Å². The van der Waals surface area contributed by atoms with Gasteiger partial charge in [-0.05, 0) is 74.3 Å². The lowest BCUT2D eigenvalue weighted by Gasteiger charge is -2.28. The lowest BCUT2D eigenvalue weighted by atomic mass is 9.88. The summed E-state index contributed by atoms with van der Waals surface area (Å²) in [6, 6.07) is 19.2. The Morgan fingerprint density at radius 2 is 1.61 bits per heavy atom. The lowest BCUT2D eigenvalue weighted by molar-refractivity contribution is -0.126. The van der Waals surface area contributed by atoms with Crippen molar-refractivity contribution in [1.29, 1.82) is 5.26 Å². The summed E-state index contributed by atoms with van der Waals surface area (Å²) < 4.78 is 17.2. The highest BCUT2D eigenvalue weighted by Crippen LogP contribution is 2.40. The van der Waals surface area contributed by atoms with E-state index in [0.29, 0.717) is 5.89 Å². The average Bonchev–Trinajstić information content (AvgIpc) is 3.96. The second kappa shape index (κ2) is 12.2. The van der Waals surface area contributed by atoms with Gasteiger partial charge in [0.25, 0.3) is 0 Å². The van der Waals surface area contributed by atoms with Gasteiger partial charge in [0.2, 0.25) is 11.8 Å². The molecule has 0 atom stereocenters. The van der Waals surface area contributed by atoms with Crippen LogP contribution in [0.2, 0.25) is 0 Å². The maximum Gasteiger partial charge on any atom is 0.226 e. The Labute approximate surface area is 244 Å². The number of benzene rings is 2. The van der Waals surface area contributed by atoms with Crippen LogP contribution in [0.25, 0.3) is 22.7 Å². The molecule has 8 heteroatoms. The molecule has 2 aromatic carbocycles. The van der Waals surface area contributed by atoms with Crippen LogP contribution in [0.3, 0.4) is 0 Å². The first-order valence-corrected chi connectivity index (χ1v) is 16.5. The first-order valence-electron chi connectivity index (χ1n) is 15.0. The van der Waals surface area contributed by atoms with Crippen molar-refractivity contribution in [3.63, 3.8) is 0 Å². The fraction of sp³-hybridized carbons (Fsp3) is 0.485. The summed E-state index contributed by atoms with van der Waals surface area (Å²) in [5.41, 5.74) is 5.03. The number of aromatic nitrogens is 1. The van der Waals surface area contributed by atoms with Gasteiger partial charge in [0.15, 0.2) is 0 Å². The highest BCUT2D eigenvalue weighted by molar-refractivity contribution is 7.85. The van der Waals surface area contributed by atoms with E-state index in [9.17, 15) is 9.00 Å². The van der Waals surface area contributed by atoms with E-state index < -0.39 is 16.3 Å². The van der Waals surface area contributed by atoms with Crippen LogP contribution in [0.4, 0.5) is 5.69 Å². The molecular weight excluding hydrogens is 532 g/mol. The Hall–Kier alpha value is -3.44. The standard InChI is InChI=1S/C22H22N2O2S.C11H16N2O/c25-27-13-11-24(12-14-27)20-9-7-18(8-10-20)21-15-26-22(23-21)19-5-3-17(4-6-19)16-1-2-16;12-8-11(6-7-11)13-10(14)9-4-2-1-3-5-9/h3-10,15-16H,1-2,11-14H2;9H,1-7H2,(H,13,14). The normalized spacial score (nSPS) is 20.4. The smallest absolute Gasteiger partial charge is 0.226 e. The van der Waals surface area contributed by atoms with Crippen LogP contribution in [0.1, 0.15) is 69.3 Å². The van der Waals surface area contributed by atoms with E-state index in [1.54, 1.807) is 6.26 Å². The molecule has 3 saturated carbocycles. The van der Waals surface area contributed by atoms with E-state index in [2.05, 4.69) is 69.8 Å². The molecule has 4 aliphatic rings. The summed E-state index contributed by atoms with van der Waals surface area (Å²) >= 11 is 0. The molecule has 41 heavy (non-hydrogen) atoms. The Morgan fingerprint density at radius 3 is 2.22 bits per heavy atom. The number of oxazole rings is 1. The van der Waals surface area contributed by atoms with Crippen molar-refractivity contribution in [3.8, 4) is 28.8 Å². The molecule has 0 unspecified atom stereocenters. The minimum Gasteiger partial charge on any atom is -0.444 e. The third-order valence-corrected chi connectivity index (χ3v) is 9.99. The number of carbonyl (C=O) groups excluding carboxylic acids is 1. The maximum atomic E-state index is 11.8. The van der Waals surface area contributed by atoms with Gasteiger partial charge in [-0.2, -0.15) is 5.26 Å². The number of hydrogen-bond acceptors (Lipinski definition) is 6. The molecule has 1 aromatic heterocycles.